The average Bonchev–Trinajstić information content (AvgIpc) is 3.11. The second-order valence-electron chi connectivity index (χ2n) is 7.87. The van der Waals surface area contributed by atoms with Gasteiger partial charge < -0.3 is 19.5 Å². The molecule has 0 radical (unpaired) electrons. The van der Waals surface area contributed by atoms with Crippen molar-refractivity contribution in [3.8, 4) is 0 Å². The Labute approximate surface area is 171 Å². The fraction of sp³-hybridized carbons (Fsp3) is 0.391. The summed E-state index contributed by atoms with van der Waals surface area (Å²) in [5, 5.41) is 4.09. The number of rotatable bonds is 6. The van der Waals surface area contributed by atoms with Crippen LogP contribution in [0.3, 0.4) is 0 Å². The molecule has 1 N–H and O–H groups in total. The van der Waals surface area contributed by atoms with E-state index in [1.54, 1.807) is 6.20 Å². The summed E-state index contributed by atoms with van der Waals surface area (Å²) in [6, 6.07) is 12.0. The molecule has 3 aromatic rings. The SMILES string of the molecule is CC(C)Cn1cc(C(=O)NCc2cccnc2N2CCOCC2)c2ccccc21. The summed E-state index contributed by atoms with van der Waals surface area (Å²) in [4.78, 5) is 19.8. The van der Waals surface area contributed by atoms with Gasteiger partial charge in [-0.2, -0.15) is 0 Å². The number of fused-ring (bicyclic) bond motifs is 1. The molecular weight excluding hydrogens is 364 g/mol. The van der Waals surface area contributed by atoms with Crippen LogP contribution >= 0.6 is 0 Å². The standard InChI is InChI=1S/C23H28N4O2/c1-17(2)15-27-16-20(19-7-3-4-8-21(19)27)23(28)25-14-18-6-5-9-24-22(18)26-10-12-29-13-11-26/h3-9,16-17H,10-15H2,1-2H3,(H,25,28). The molecule has 1 aromatic carbocycles. The highest BCUT2D eigenvalue weighted by Gasteiger charge is 2.18. The Morgan fingerprint density at radius 1 is 1.17 bits per heavy atom. The fourth-order valence-corrected chi connectivity index (χ4v) is 3.87. The largest absolute Gasteiger partial charge is 0.378 e. The van der Waals surface area contributed by atoms with Gasteiger partial charge in [0, 0.05) is 55.0 Å². The molecule has 2 aromatic heterocycles. The minimum absolute atomic E-state index is 0.0551. The predicted octanol–water partition coefficient (Wildman–Crippen LogP) is 3.46. The van der Waals surface area contributed by atoms with Gasteiger partial charge in [-0.1, -0.05) is 38.1 Å². The van der Waals surface area contributed by atoms with E-state index >= 15 is 0 Å². The lowest BCUT2D eigenvalue weighted by atomic mass is 10.1. The number of benzene rings is 1. The number of ether oxygens (including phenoxy) is 1. The maximum Gasteiger partial charge on any atom is 0.253 e. The first-order valence-corrected chi connectivity index (χ1v) is 10.3. The van der Waals surface area contributed by atoms with Crippen LogP contribution in [0.5, 0.6) is 0 Å². The Kier molecular flexibility index (Phi) is 5.81. The van der Waals surface area contributed by atoms with E-state index < -0.39 is 0 Å². The molecule has 152 valence electrons. The molecule has 29 heavy (non-hydrogen) atoms. The van der Waals surface area contributed by atoms with Crippen molar-refractivity contribution in [2.24, 2.45) is 5.92 Å². The van der Waals surface area contributed by atoms with E-state index in [-0.39, 0.29) is 5.91 Å². The molecular formula is C23H28N4O2. The molecule has 1 fully saturated rings. The van der Waals surface area contributed by atoms with Crippen molar-refractivity contribution in [2.75, 3.05) is 31.2 Å². The van der Waals surface area contributed by atoms with Crippen molar-refractivity contribution < 1.29 is 9.53 Å². The van der Waals surface area contributed by atoms with Gasteiger partial charge in [0.1, 0.15) is 5.82 Å². The summed E-state index contributed by atoms with van der Waals surface area (Å²) in [6.45, 7) is 8.76. The normalized spacial score (nSPS) is 14.5. The Morgan fingerprint density at radius 2 is 1.97 bits per heavy atom. The van der Waals surface area contributed by atoms with E-state index in [1.165, 1.54) is 0 Å². The molecule has 4 rings (SSSR count). The number of nitrogens with one attached hydrogen (secondary N) is 1. The molecule has 1 amide bonds. The number of nitrogens with zero attached hydrogens (tertiary/aromatic N) is 3. The molecule has 0 atom stereocenters. The molecule has 0 spiro atoms. The predicted molar refractivity (Wildman–Crippen MR) is 115 cm³/mol. The summed E-state index contributed by atoms with van der Waals surface area (Å²) in [6.07, 6.45) is 3.78. The van der Waals surface area contributed by atoms with Crippen LogP contribution in [0.15, 0.2) is 48.8 Å². The van der Waals surface area contributed by atoms with Crippen molar-refractivity contribution in [3.63, 3.8) is 0 Å². The van der Waals surface area contributed by atoms with Crippen LogP contribution in [-0.2, 0) is 17.8 Å². The van der Waals surface area contributed by atoms with Gasteiger partial charge in [0.25, 0.3) is 5.91 Å². The monoisotopic (exact) mass is 392 g/mol. The number of morpholine rings is 1. The van der Waals surface area contributed by atoms with E-state index in [4.69, 9.17) is 4.74 Å². The molecule has 0 saturated carbocycles. The molecule has 1 aliphatic rings. The summed E-state index contributed by atoms with van der Waals surface area (Å²) in [5.74, 6) is 1.38. The zero-order valence-corrected chi connectivity index (χ0v) is 17.1. The van der Waals surface area contributed by atoms with Crippen LogP contribution in [0.2, 0.25) is 0 Å². The molecule has 1 aliphatic heterocycles. The second kappa shape index (κ2) is 8.66. The van der Waals surface area contributed by atoms with E-state index in [0.717, 1.165) is 47.5 Å². The number of hydrogen-bond donors (Lipinski definition) is 1. The summed E-state index contributed by atoms with van der Waals surface area (Å²) < 4.78 is 7.62. The van der Waals surface area contributed by atoms with Crippen LogP contribution in [0.25, 0.3) is 10.9 Å². The number of amides is 1. The zero-order valence-electron chi connectivity index (χ0n) is 17.1. The topological polar surface area (TPSA) is 59.4 Å². The Morgan fingerprint density at radius 3 is 2.76 bits per heavy atom. The van der Waals surface area contributed by atoms with Crippen molar-refractivity contribution >= 4 is 22.6 Å². The lowest BCUT2D eigenvalue weighted by Crippen LogP contribution is -2.37. The van der Waals surface area contributed by atoms with Gasteiger partial charge in [0.15, 0.2) is 0 Å². The van der Waals surface area contributed by atoms with Gasteiger partial charge in [-0.25, -0.2) is 4.98 Å². The maximum atomic E-state index is 13.0. The smallest absolute Gasteiger partial charge is 0.253 e. The molecule has 1 saturated heterocycles. The quantitative estimate of drug-likeness (QED) is 0.698. The van der Waals surface area contributed by atoms with E-state index in [9.17, 15) is 4.79 Å². The van der Waals surface area contributed by atoms with Gasteiger partial charge in [-0.15, -0.1) is 0 Å². The molecule has 0 unspecified atom stereocenters. The van der Waals surface area contributed by atoms with Crippen LogP contribution in [-0.4, -0.2) is 41.8 Å². The first-order chi connectivity index (χ1) is 14.1. The number of carbonyl (C=O) groups is 1. The van der Waals surface area contributed by atoms with Crippen LogP contribution in [0.1, 0.15) is 29.8 Å². The zero-order chi connectivity index (χ0) is 20.2. The fourth-order valence-electron chi connectivity index (χ4n) is 3.87. The highest BCUT2D eigenvalue weighted by atomic mass is 16.5. The van der Waals surface area contributed by atoms with E-state index in [1.807, 2.05) is 36.5 Å². The molecule has 3 heterocycles. The Balaban J connectivity index is 1.54. The summed E-state index contributed by atoms with van der Waals surface area (Å²) in [5.41, 5.74) is 2.84. The van der Waals surface area contributed by atoms with Gasteiger partial charge in [-0.3, -0.25) is 4.79 Å². The maximum absolute atomic E-state index is 13.0. The minimum atomic E-state index is -0.0551. The molecule has 6 heteroatoms. The lowest BCUT2D eigenvalue weighted by Gasteiger charge is -2.29. The minimum Gasteiger partial charge on any atom is -0.378 e. The number of para-hydroxylation sites is 1. The Hall–Kier alpha value is -2.86. The number of pyridine rings is 1. The van der Waals surface area contributed by atoms with Gasteiger partial charge in [0.05, 0.1) is 18.8 Å². The first kappa shape index (κ1) is 19.5. The number of hydrogen-bond acceptors (Lipinski definition) is 4. The van der Waals surface area contributed by atoms with Gasteiger partial charge in [-0.05, 0) is 18.1 Å². The highest BCUT2D eigenvalue weighted by Crippen LogP contribution is 2.23. The summed E-state index contributed by atoms with van der Waals surface area (Å²) >= 11 is 0. The number of carbonyl (C=O) groups excluding carboxylic acids is 1. The van der Waals surface area contributed by atoms with Gasteiger partial charge >= 0.3 is 0 Å². The molecule has 6 nitrogen and oxygen atoms in total. The van der Waals surface area contributed by atoms with Crippen molar-refractivity contribution in [1.82, 2.24) is 14.9 Å². The van der Waals surface area contributed by atoms with E-state index in [0.29, 0.717) is 25.7 Å². The van der Waals surface area contributed by atoms with Crippen molar-refractivity contribution in [3.05, 3.63) is 59.9 Å². The van der Waals surface area contributed by atoms with Gasteiger partial charge in [0.2, 0.25) is 0 Å². The summed E-state index contributed by atoms with van der Waals surface area (Å²) in [7, 11) is 0. The van der Waals surface area contributed by atoms with E-state index in [2.05, 4.69) is 39.7 Å². The van der Waals surface area contributed by atoms with Crippen molar-refractivity contribution in [2.45, 2.75) is 26.9 Å². The third kappa shape index (κ3) is 4.27. The number of aromatic nitrogens is 2. The second-order valence-corrected chi connectivity index (χ2v) is 7.87. The Bertz CT molecular complexity index is 989. The third-order valence-corrected chi connectivity index (χ3v) is 5.21. The average molecular weight is 393 g/mol. The highest BCUT2D eigenvalue weighted by molar-refractivity contribution is 6.07. The van der Waals surface area contributed by atoms with Crippen LogP contribution in [0.4, 0.5) is 5.82 Å². The third-order valence-electron chi connectivity index (χ3n) is 5.21. The first-order valence-electron chi connectivity index (χ1n) is 10.3. The van der Waals surface area contributed by atoms with Crippen LogP contribution < -0.4 is 10.2 Å². The van der Waals surface area contributed by atoms with Crippen molar-refractivity contribution in [1.29, 1.82) is 0 Å². The number of anilines is 1. The molecule has 0 aliphatic carbocycles. The molecule has 0 bridgehead atoms. The van der Waals surface area contributed by atoms with Crippen LogP contribution in [0, 0.1) is 5.92 Å². The lowest BCUT2D eigenvalue weighted by molar-refractivity contribution is 0.0952.